The summed E-state index contributed by atoms with van der Waals surface area (Å²) in [6.07, 6.45) is 2.09. The smallest absolute Gasteiger partial charge is 0.239 e. The van der Waals surface area contributed by atoms with Gasteiger partial charge in [-0.15, -0.1) is 0 Å². The highest BCUT2D eigenvalue weighted by molar-refractivity contribution is 5.81. The molecule has 2 unspecified atom stereocenters. The maximum absolute atomic E-state index is 13.2. The molecule has 1 aromatic rings. The van der Waals surface area contributed by atoms with Gasteiger partial charge in [0.25, 0.3) is 0 Å². The first kappa shape index (κ1) is 14.9. The van der Waals surface area contributed by atoms with Gasteiger partial charge in [0.15, 0.2) is 0 Å². The molecule has 0 aromatic heterocycles. The number of hydrogen-bond acceptors (Lipinski definition) is 2. The summed E-state index contributed by atoms with van der Waals surface area (Å²) >= 11 is 0. The molecule has 1 amide bonds. The number of carbonyl (C=O) groups excluding carboxylic acids is 1. The first-order valence-electron chi connectivity index (χ1n) is 6.98. The topological polar surface area (TPSA) is 32.3 Å². The molecule has 1 N–H and O–H groups in total. The average molecular weight is 282 g/mol. The molecule has 0 radical (unpaired) electrons. The van der Waals surface area contributed by atoms with E-state index in [1.54, 1.807) is 13.8 Å². The van der Waals surface area contributed by atoms with E-state index in [1.165, 1.54) is 12.1 Å². The molecule has 0 bridgehead atoms. The van der Waals surface area contributed by atoms with E-state index in [0.717, 1.165) is 32.0 Å². The van der Waals surface area contributed by atoms with Crippen LogP contribution in [0.15, 0.2) is 18.2 Å². The predicted octanol–water partition coefficient (Wildman–Crippen LogP) is 2.63. The standard InChI is InChI=1S/C15H20F2N2O/c1-10(12-7-13(16)9-14(17)8-12)18-11(2)15(20)19-5-3-4-6-19/h7-11,18H,3-6H2,1-2H3. The van der Waals surface area contributed by atoms with Gasteiger partial charge >= 0.3 is 0 Å². The third-order valence-electron chi connectivity index (χ3n) is 3.67. The average Bonchev–Trinajstić information content (AvgIpc) is 2.90. The second kappa shape index (κ2) is 6.31. The third-order valence-corrected chi connectivity index (χ3v) is 3.67. The number of halogens is 2. The van der Waals surface area contributed by atoms with Crippen LogP contribution in [-0.4, -0.2) is 29.9 Å². The fourth-order valence-corrected chi connectivity index (χ4v) is 2.58. The summed E-state index contributed by atoms with van der Waals surface area (Å²) in [6, 6.07) is 2.76. The molecule has 3 nitrogen and oxygen atoms in total. The van der Waals surface area contributed by atoms with Crippen molar-refractivity contribution in [3.05, 3.63) is 35.4 Å². The maximum atomic E-state index is 13.2. The molecular weight excluding hydrogens is 262 g/mol. The lowest BCUT2D eigenvalue weighted by Crippen LogP contribution is -2.44. The van der Waals surface area contributed by atoms with E-state index in [0.29, 0.717) is 5.56 Å². The number of amides is 1. The summed E-state index contributed by atoms with van der Waals surface area (Å²) in [4.78, 5) is 14.0. The number of carbonyl (C=O) groups is 1. The van der Waals surface area contributed by atoms with Gasteiger partial charge in [0.1, 0.15) is 11.6 Å². The van der Waals surface area contributed by atoms with Crippen molar-refractivity contribution in [3.8, 4) is 0 Å². The van der Waals surface area contributed by atoms with Crippen molar-refractivity contribution >= 4 is 5.91 Å². The monoisotopic (exact) mass is 282 g/mol. The third kappa shape index (κ3) is 3.54. The SMILES string of the molecule is CC(NC(C)c1cc(F)cc(F)c1)C(=O)N1CCCC1. The molecular formula is C15H20F2N2O. The summed E-state index contributed by atoms with van der Waals surface area (Å²) in [5, 5.41) is 3.10. The highest BCUT2D eigenvalue weighted by atomic mass is 19.1. The van der Waals surface area contributed by atoms with E-state index in [9.17, 15) is 13.6 Å². The summed E-state index contributed by atoms with van der Waals surface area (Å²) < 4.78 is 26.4. The first-order chi connectivity index (χ1) is 9.47. The van der Waals surface area contributed by atoms with Crippen LogP contribution in [0.2, 0.25) is 0 Å². The Balaban J connectivity index is 1.99. The van der Waals surface area contributed by atoms with E-state index in [2.05, 4.69) is 5.32 Å². The van der Waals surface area contributed by atoms with E-state index in [4.69, 9.17) is 0 Å². The fraction of sp³-hybridized carbons (Fsp3) is 0.533. The Morgan fingerprint density at radius 1 is 1.15 bits per heavy atom. The van der Waals surface area contributed by atoms with E-state index in [-0.39, 0.29) is 18.0 Å². The zero-order valence-electron chi connectivity index (χ0n) is 11.8. The van der Waals surface area contributed by atoms with Crippen LogP contribution < -0.4 is 5.32 Å². The number of benzene rings is 1. The van der Waals surface area contributed by atoms with Crippen molar-refractivity contribution in [2.45, 2.75) is 38.8 Å². The van der Waals surface area contributed by atoms with E-state index < -0.39 is 11.6 Å². The van der Waals surface area contributed by atoms with Crippen molar-refractivity contribution in [2.75, 3.05) is 13.1 Å². The Hall–Kier alpha value is -1.49. The van der Waals surface area contributed by atoms with Crippen LogP contribution in [0.4, 0.5) is 8.78 Å². The minimum atomic E-state index is -0.604. The van der Waals surface area contributed by atoms with Gasteiger partial charge in [0.2, 0.25) is 5.91 Å². The zero-order chi connectivity index (χ0) is 14.7. The Kier molecular flexibility index (Phi) is 4.70. The van der Waals surface area contributed by atoms with Gasteiger partial charge < -0.3 is 4.90 Å². The molecule has 1 saturated heterocycles. The first-order valence-corrected chi connectivity index (χ1v) is 6.98. The van der Waals surface area contributed by atoms with Crippen LogP contribution in [0.25, 0.3) is 0 Å². The molecule has 1 heterocycles. The fourth-order valence-electron chi connectivity index (χ4n) is 2.58. The van der Waals surface area contributed by atoms with Crippen molar-refractivity contribution in [1.82, 2.24) is 10.2 Å². The van der Waals surface area contributed by atoms with Gasteiger partial charge in [-0.3, -0.25) is 10.1 Å². The molecule has 0 aliphatic carbocycles. The van der Waals surface area contributed by atoms with Gasteiger partial charge in [-0.1, -0.05) is 0 Å². The number of nitrogens with zero attached hydrogens (tertiary/aromatic N) is 1. The molecule has 1 aliphatic heterocycles. The summed E-state index contributed by atoms with van der Waals surface area (Å²) in [5.74, 6) is -1.16. The molecule has 5 heteroatoms. The predicted molar refractivity (Wildman–Crippen MR) is 73.2 cm³/mol. The second-order valence-corrected chi connectivity index (χ2v) is 5.35. The molecule has 2 rings (SSSR count). The number of rotatable bonds is 4. The van der Waals surface area contributed by atoms with Gasteiger partial charge in [-0.2, -0.15) is 0 Å². The zero-order valence-corrected chi connectivity index (χ0v) is 11.8. The summed E-state index contributed by atoms with van der Waals surface area (Å²) in [5.41, 5.74) is 0.503. The maximum Gasteiger partial charge on any atom is 0.239 e. The van der Waals surface area contributed by atoms with Crippen LogP contribution in [-0.2, 0) is 4.79 Å². The van der Waals surface area contributed by atoms with Crippen LogP contribution >= 0.6 is 0 Å². The molecule has 1 aromatic carbocycles. The minimum absolute atomic E-state index is 0.0474. The van der Waals surface area contributed by atoms with Crippen LogP contribution in [0.1, 0.15) is 38.3 Å². The van der Waals surface area contributed by atoms with Crippen LogP contribution in [0.3, 0.4) is 0 Å². The molecule has 1 aliphatic rings. The van der Waals surface area contributed by atoms with Crippen LogP contribution in [0.5, 0.6) is 0 Å². The molecule has 2 atom stereocenters. The Morgan fingerprint density at radius 3 is 2.25 bits per heavy atom. The Labute approximate surface area is 118 Å². The number of likely N-dealkylation sites (tertiary alicyclic amines) is 1. The highest BCUT2D eigenvalue weighted by Crippen LogP contribution is 2.17. The minimum Gasteiger partial charge on any atom is -0.341 e. The highest BCUT2D eigenvalue weighted by Gasteiger charge is 2.24. The van der Waals surface area contributed by atoms with Gasteiger partial charge in [-0.25, -0.2) is 8.78 Å². The normalized spacial score (nSPS) is 18.1. The molecule has 0 spiro atoms. The molecule has 20 heavy (non-hydrogen) atoms. The number of hydrogen-bond donors (Lipinski definition) is 1. The molecule has 1 fully saturated rings. The Bertz CT molecular complexity index is 467. The van der Waals surface area contributed by atoms with Gasteiger partial charge in [-0.05, 0) is 44.4 Å². The Morgan fingerprint density at radius 2 is 1.70 bits per heavy atom. The van der Waals surface area contributed by atoms with Crippen molar-refractivity contribution in [1.29, 1.82) is 0 Å². The van der Waals surface area contributed by atoms with Crippen molar-refractivity contribution < 1.29 is 13.6 Å². The quantitative estimate of drug-likeness (QED) is 0.920. The number of nitrogens with one attached hydrogen (secondary N) is 1. The largest absolute Gasteiger partial charge is 0.341 e. The molecule has 110 valence electrons. The van der Waals surface area contributed by atoms with Crippen LogP contribution in [0, 0.1) is 11.6 Å². The van der Waals surface area contributed by atoms with Crippen molar-refractivity contribution in [2.24, 2.45) is 0 Å². The second-order valence-electron chi connectivity index (χ2n) is 5.35. The lowest BCUT2D eigenvalue weighted by atomic mass is 10.1. The van der Waals surface area contributed by atoms with E-state index in [1.807, 2.05) is 4.90 Å². The van der Waals surface area contributed by atoms with Gasteiger partial charge in [0.05, 0.1) is 6.04 Å². The van der Waals surface area contributed by atoms with Crippen molar-refractivity contribution in [3.63, 3.8) is 0 Å². The lowest BCUT2D eigenvalue weighted by molar-refractivity contribution is -0.132. The summed E-state index contributed by atoms with van der Waals surface area (Å²) in [7, 11) is 0. The van der Waals surface area contributed by atoms with E-state index >= 15 is 0 Å². The molecule has 0 saturated carbocycles. The lowest BCUT2D eigenvalue weighted by Gasteiger charge is -2.24. The summed E-state index contributed by atoms with van der Waals surface area (Å²) in [6.45, 7) is 5.18. The van der Waals surface area contributed by atoms with Gasteiger partial charge in [0, 0.05) is 25.2 Å².